The minimum absolute atomic E-state index is 0.425. The van der Waals surface area contributed by atoms with Gasteiger partial charge in [0.05, 0.1) is 12.2 Å². The highest BCUT2D eigenvalue weighted by Crippen LogP contribution is 2.16. The van der Waals surface area contributed by atoms with E-state index < -0.39 is 0 Å². The minimum atomic E-state index is 0.425. The molecule has 3 heteroatoms. The Balaban J connectivity index is 1.63. The van der Waals surface area contributed by atoms with E-state index >= 15 is 0 Å². The van der Waals surface area contributed by atoms with Gasteiger partial charge in [-0.25, -0.2) is 0 Å². The van der Waals surface area contributed by atoms with E-state index in [4.69, 9.17) is 9.47 Å². The summed E-state index contributed by atoms with van der Waals surface area (Å²) < 4.78 is 11.3. The Morgan fingerprint density at radius 2 is 2.00 bits per heavy atom. The van der Waals surface area contributed by atoms with Crippen LogP contribution in [-0.4, -0.2) is 38.0 Å². The maximum Gasteiger partial charge on any atom is 0.0726 e. The summed E-state index contributed by atoms with van der Waals surface area (Å²) in [6.07, 6.45) is 7.05. The molecule has 2 saturated heterocycles. The van der Waals surface area contributed by atoms with Crippen molar-refractivity contribution < 1.29 is 9.47 Å². The van der Waals surface area contributed by atoms with Gasteiger partial charge in [-0.1, -0.05) is 0 Å². The van der Waals surface area contributed by atoms with Crippen LogP contribution in [0, 0.1) is 0 Å². The van der Waals surface area contributed by atoms with Crippen LogP contribution in [0.5, 0.6) is 0 Å². The largest absolute Gasteiger partial charge is 0.377 e. The maximum atomic E-state index is 5.69. The lowest BCUT2D eigenvalue weighted by Crippen LogP contribution is -2.42. The van der Waals surface area contributed by atoms with E-state index in [0.29, 0.717) is 18.2 Å². The highest BCUT2D eigenvalue weighted by Gasteiger charge is 2.23. The van der Waals surface area contributed by atoms with Gasteiger partial charge in [-0.05, 0) is 39.0 Å². The third-order valence-electron chi connectivity index (χ3n) is 3.46. The summed E-state index contributed by atoms with van der Waals surface area (Å²) in [6.45, 7) is 5.09. The Hall–Kier alpha value is -0.120. The van der Waals surface area contributed by atoms with Gasteiger partial charge in [0.15, 0.2) is 0 Å². The first-order chi connectivity index (χ1) is 7.36. The van der Waals surface area contributed by atoms with Crippen molar-refractivity contribution in [2.45, 2.75) is 57.3 Å². The lowest BCUT2D eigenvalue weighted by atomic mass is 10.1. The molecule has 0 radical (unpaired) electrons. The molecule has 0 amide bonds. The van der Waals surface area contributed by atoms with Crippen LogP contribution in [0.3, 0.4) is 0 Å². The Bertz CT molecular complexity index is 174. The zero-order valence-electron chi connectivity index (χ0n) is 9.71. The number of hydrogen-bond donors (Lipinski definition) is 1. The van der Waals surface area contributed by atoms with Gasteiger partial charge in [0.1, 0.15) is 0 Å². The van der Waals surface area contributed by atoms with Crippen molar-refractivity contribution in [2.75, 3.05) is 19.8 Å². The molecule has 2 rings (SSSR count). The first-order valence-corrected chi connectivity index (χ1v) is 6.33. The molecule has 0 spiro atoms. The normalized spacial score (nSPS) is 34.2. The molecular formula is C12H23NO2. The molecule has 2 fully saturated rings. The van der Waals surface area contributed by atoms with Gasteiger partial charge in [0.25, 0.3) is 0 Å². The lowest BCUT2D eigenvalue weighted by molar-refractivity contribution is 0.0102. The molecule has 0 bridgehead atoms. The van der Waals surface area contributed by atoms with Crippen molar-refractivity contribution >= 4 is 0 Å². The van der Waals surface area contributed by atoms with E-state index in [9.17, 15) is 0 Å². The summed E-state index contributed by atoms with van der Waals surface area (Å²) >= 11 is 0. The van der Waals surface area contributed by atoms with Gasteiger partial charge >= 0.3 is 0 Å². The molecule has 0 aromatic rings. The third-order valence-corrected chi connectivity index (χ3v) is 3.46. The predicted octanol–water partition coefficient (Wildman–Crippen LogP) is 1.71. The monoisotopic (exact) mass is 213 g/mol. The van der Waals surface area contributed by atoms with Crippen LogP contribution < -0.4 is 5.32 Å². The molecule has 0 saturated carbocycles. The Kier molecular flexibility index (Phi) is 4.42. The van der Waals surface area contributed by atoms with Crippen LogP contribution in [0.15, 0.2) is 0 Å². The average molecular weight is 213 g/mol. The Morgan fingerprint density at radius 1 is 1.13 bits per heavy atom. The van der Waals surface area contributed by atoms with E-state index in [1.54, 1.807) is 0 Å². The molecule has 3 unspecified atom stereocenters. The number of rotatable bonds is 4. The second kappa shape index (κ2) is 5.83. The van der Waals surface area contributed by atoms with Crippen LogP contribution in [-0.2, 0) is 9.47 Å². The molecule has 0 aromatic heterocycles. The maximum absolute atomic E-state index is 5.69. The Labute approximate surface area is 92.5 Å². The smallest absolute Gasteiger partial charge is 0.0726 e. The standard InChI is InChI=1S/C12H23NO2/c1-10(12-6-4-8-15-12)13-9-11-5-2-3-7-14-11/h10-13H,2-9H2,1H3. The van der Waals surface area contributed by atoms with E-state index in [1.165, 1.54) is 32.1 Å². The zero-order valence-corrected chi connectivity index (χ0v) is 9.71. The van der Waals surface area contributed by atoms with Gasteiger partial charge in [0, 0.05) is 25.8 Å². The fraction of sp³-hybridized carbons (Fsp3) is 1.00. The van der Waals surface area contributed by atoms with Gasteiger partial charge in [0.2, 0.25) is 0 Å². The van der Waals surface area contributed by atoms with Gasteiger partial charge in [-0.2, -0.15) is 0 Å². The molecule has 15 heavy (non-hydrogen) atoms. The van der Waals surface area contributed by atoms with Crippen LogP contribution in [0.25, 0.3) is 0 Å². The van der Waals surface area contributed by atoms with Crippen LogP contribution in [0.2, 0.25) is 0 Å². The molecule has 0 aliphatic carbocycles. The summed E-state index contributed by atoms with van der Waals surface area (Å²) in [5, 5.41) is 3.54. The van der Waals surface area contributed by atoms with Crippen molar-refractivity contribution in [3.05, 3.63) is 0 Å². The molecule has 1 N–H and O–H groups in total. The fourth-order valence-corrected chi connectivity index (χ4v) is 2.41. The van der Waals surface area contributed by atoms with E-state index in [1.807, 2.05) is 0 Å². The van der Waals surface area contributed by atoms with Crippen LogP contribution >= 0.6 is 0 Å². The molecule has 3 nitrogen and oxygen atoms in total. The van der Waals surface area contributed by atoms with Crippen molar-refractivity contribution in [3.63, 3.8) is 0 Å². The summed E-state index contributed by atoms with van der Waals surface area (Å²) in [7, 11) is 0. The second-order valence-corrected chi connectivity index (χ2v) is 4.74. The van der Waals surface area contributed by atoms with Gasteiger partial charge in [-0.15, -0.1) is 0 Å². The SMILES string of the molecule is CC(NCC1CCCCO1)C1CCCO1. The number of nitrogens with one attached hydrogen (secondary N) is 1. The second-order valence-electron chi connectivity index (χ2n) is 4.74. The molecule has 2 heterocycles. The van der Waals surface area contributed by atoms with Crippen molar-refractivity contribution in [2.24, 2.45) is 0 Å². The zero-order chi connectivity index (χ0) is 10.5. The predicted molar refractivity (Wildman–Crippen MR) is 60.0 cm³/mol. The fourth-order valence-electron chi connectivity index (χ4n) is 2.41. The molecule has 3 atom stereocenters. The quantitative estimate of drug-likeness (QED) is 0.771. The van der Waals surface area contributed by atoms with E-state index in [2.05, 4.69) is 12.2 Å². The Morgan fingerprint density at radius 3 is 2.67 bits per heavy atom. The molecule has 2 aliphatic rings. The van der Waals surface area contributed by atoms with E-state index in [-0.39, 0.29) is 0 Å². The van der Waals surface area contributed by atoms with Crippen molar-refractivity contribution in [1.29, 1.82) is 0 Å². The topological polar surface area (TPSA) is 30.5 Å². The van der Waals surface area contributed by atoms with Crippen molar-refractivity contribution in [1.82, 2.24) is 5.32 Å². The van der Waals surface area contributed by atoms with Crippen molar-refractivity contribution in [3.8, 4) is 0 Å². The summed E-state index contributed by atoms with van der Waals surface area (Å²) in [6, 6.07) is 0.470. The number of hydrogen-bond acceptors (Lipinski definition) is 3. The summed E-state index contributed by atoms with van der Waals surface area (Å²) in [5.41, 5.74) is 0. The minimum Gasteiger partial charge on any atom is -0.377 e. The van der Waals surface area contributed by atoms with Crippen LogP contribution in [0.1, 0.15) is 39.0 Å². The molecule has 2 aliphatic heterocycles. The number of ether oxygens (including phenoxy) is 2. The molecule has 88 valence electrons. The van der Waals surface area contributed by atoms with Gasteiger partial charge < -0.3 is 14.8 Å². The third kappa shape index (κ3) is 3.44. The summed E-state index contributed by atoms with van der Waals surface area (Å²) in [4.78, 5) is 0. The van der Waals surface area contributed by atoms with Gasteiger partial charge in [-0.3, -0.25) is 0 Å². The highest BCUT2D eigenvalue weighted by molar-refractivity contribution is 4.78. The molecule has 0 aromatic carbocycles. The lowest BCUT2D eigenvalue weighted by Gasteiger charge is -2.26. The first-order valence-electron chi connectivity index (χ1n) is 6.33. The van der Waals surface area contributed by atoms with Crippen LogP contribution in [0.4, 0.5) is 0 Å². The highest BCUT2D eigenvalue weighted by atomic mass is 16.5. The average Bonchev–Trinajstić information content (AvgIpc) is 2.81. The van der Waals surface area contributed by atoms with E-state index in [0.717, 1.165) is 19.8 Å². The molecular weight excluding hydrogens is 190 g/mol. The first kappa shape index (κ1) is 11.4. The summed E-state index contributed by atoms with van der Waals surface area (Å²) in [5.74, 6) is 0.